The van der Waals surface area contributed by atoms with Gasteiger partial charge in [-0.15, -0.1) is 0 Å². The highest BCUT2D eigenvalue weighted by Crippen LogP contribution is 2.23. The lowest BCUT2D eigenvalue weighted by Gasteiger charge is -2.16. The third-order valence-electron chi connectivity index (χ3n) is 2.59. The molecule has 1 aromatic carbocycles. The molecule has 1 rings (SSSR count). The maximum Gasteiger partial charge on any atom is 0.228 e. The second-order valence-electron chi connectivity index (χ2n) is 4.84. The van der Waals surface area contributed by atoms with Gasteiger partial charge >= 0.3 is 0 Å². The number of hydrogen-bond donors (Lipinski definition) is 2. The Hall–Kier alpha value is -1.42. The molecule has 0 bridgehead atoms. The van der Waals surface area contributed by atoms with Crippen molar-refractivity contribution in [2.75, 3.05) is 5.32 Å². The summed E-state index contributed by atoms with van der Waals surface area (Å²) in [6.45, 7) is 7.91. The molecule has 4 heteroatoms. The first kappa shape index (κ1) is 14.6. The second kappa shape index (κ2) is 6.50. The molecule has 18 heavy (non-hydrogen) atoms. The van der Waals surface area contributed by atoms with Crippen molar-refractivity contribution in [1.29, 1.82) is 0 Å². The minimum absolute atomic E-state index is 0.0745. The Bertz CT molecular complexity index is 441. The lowest BCUT2D eigenvalue weighted by Crippen LogP contribution is -2.36. The van der Waals surface area contributed by atoms with E-state index in [9.17, 15) is 4.79 Å². The van der Waals surface area contributed by atoms with Gasteiger partial charge in [-0.2, -0.15) is 0 Å². The molecule has 0 aliphatic carbocycles. The normalized spacial score (nSPS) is 10.6. The van der Waals surface area contributed by atoms with Crippen LogP contribution in [0, 0.1) is 5.92 Å². The summed E-state index contributed by atoms with van der Waals surface area (Å²) in [5.41, 5.74) is 2.13. The third-order valence-corrected chi connectivity index (χ3v) is 2.80. The van der Waals surface area contributed by atoms with Crippen LogP contribution in [0.2, 0.25) is 0 Å². The minimum Gasteiger partial charge on any atom is -0.332 e. The van der Waals surface area contributed by atoms with Gasteiger partial charge in [-0.25, -0.2) is 0 Å². The molecule has 1 aromatic rings. The summed E-state index contributed by atoms with van der Waals surface area (Å²) < 4.78 is 0. The van der Waals surface area contributed by atoms with Crippen LogP contribution in [0.3, 0.4) is 0 Å². The Labute approximate surface area is 114 Å². The van der Waals surface area contributed by atoms with Crippen molar-refractivity contribution in [3.63, 3.8) is 0 Å². The highest BCUT2D eigenvalue weighted by Gasteiger charge is 2.11. The molecule has 0 saturated carbocycles. The number of amides is 1. The first-order chi connectivity index (χ1) is 8.41. The Balaban J connectivity index is 2.73. The zero-order valence-electron chi connectivity index (χ0n) is 11.3. The first-order valence-electron chi connectivity index (χ1n) is 6.12. The van der Waals surface area contributed by atoms with Gasteiger partial charge in [0.05, 0.1) is 0 Å². The number of anilines is 1. The second-order valence-corrected chi connectivity index (χ2v) is 5.25. The van der Waals surface area contributed by atoms with Crippen LogP contribution in [0.5, 0.6) is 0 Å². The van der Waals surface area contributed by atoms with Gasteiger partial charge in [0, 0.05) is 11.6 Å². The summed E-state index contributed by atoms with van der Waals surface area (Å²) in [5, 5.41) is 6.10. The molecule has 0 radical (unpaired) electrons. The lowest BCUT2D eigenvalue weighted by atomic mass is 10.0. The molecule has 0 unspecified atom stereocenters. The Morgan fingerprint density at radius 3 is 2.33 bits per heavy atom. The minimum atomic E-state index is -0.0786. The number of hydrogen-bond acceptors (Lipinski definition) is 2. The molecule has 0 spiro atoms. The molecule has 0 aliphatic heterocycles. The quantitative estimate of drug-likeness (QED) is 0.823. The molecule has 0 saturated heterocycles. The number of benzene rings is 1. The summed E-state index contributed by atoms with van der Waals surface area (Å²) in [6.07, 6.45) is 0. The van der Waals surface area contributed by atoms with Crippen LogP contribution in [0.1, 0.15) is 39.2 Å². The highest BCUT2D eigenvalue weighted by molar-refractivity contribution is 7.80. The molecule has 1 amide bonds. The Kier molecular flexibility index (Phi) is 5.28. The maximum atomic E-state index is 11.5. The van der Waals surface area contributed by atoms with Crippen molar-refractivity contribution in [3.8, 4) is 0 Å². The topological polar surface area (TPSA) is 41.1 Å². The van der Waals surface area contributed by atoms with Crippen molar-refractivity contribution in [2.24, 2.45) is 5.92 Å². The van der Waals surface area contributed by atoms with Crippen LogP contribution in [0.4, 0.5) is 5.69 Å². The van der Waals surface area contributed by atoms with Crippen LogP contribution < -0.4 is 10.6 Å². The van der Waals surface area contributed by atoms with Gasteiger partial charge in [0.25, 0.3) is 0 Å². The molecule has 0 aliphatic rings. The van der Waals surface area contributed by atoms with E-state index in [-0.39, 0.29) is 11.8 Å². The van der Waals surface area contributed by atoms with Gasteiger partial charge in [0.15, 0.2) is 5.11 Å². The average Bonchev–Trinajstić information content (AvgIpc) is 2.28. The number of carbonyl (C=O) groups is 1. The van der Waals surface area contributed by atoms with Crippen LogP contribution in [0.15, 0.2) is 24.3 Å². The number of nitrogens with one attached hydrogen (secondary N) is 2. The average molecular weight is 264 g/mol. The van der Waals surface area contributed by atoms with E-state index < -0.39 is 0 Å². The fourth-order valence-corrected chi connectivity index (χ4v) is 1.73. The molecule has 3 nitrogen and oxygen atoms in total. The molecule has 0 fully saturated rings. The fraction of sp³-hybridized carbons (Fsp3) is 0.429. The molecule has 0 heterocycles. The summed E-state index contributed by atoms with van der Waals surface area (Å²) in [4.78, 5) is 11.5. The third kappa shape index (κ3) is 4.11. The predicted molar refractivity (Wildman–Crippen MR) is 79.7 cm³/mol. The molecule has 2 N–H and O–H groups in total. The standard InChI is InChI=1S/C14H20N2OS/c1-9(2)11-7-5-6-8-12(11)15-14(18)16-13(17)10(3)4/h5-10H,1-4H3,(H2,15,16,17,18). The summed E-state index contributed by atoms with van der Waals surface area (Å²) in [5.74, 6) is 0.247. The number of para-hydroxylation sites is 1. The first-order valence-corrected chi connectivity index (χ1v) is 6.53. The van der Waals surface area contributed by atoms with Crippen molar-refractivity contribution in [1.82, 2.24) is 5.32 Å². The Morgan fingerprint density at radius 1 is 1.17 bits per heavy atom. The van der Waals surface area contributed by atoms with Crippen molar-refractivity contribution in [2.45, 2.75) is 33.6 Å². The fourth-order valence-electron chi connectivity index (χ4n) is 1.52. The molecular weight excluding hydrogens is 244 g/mol. The van der Waals surface area contributed by atoms with Gasteiger partial charge in [0.2, 0.25) is 5.91 Å². The van der Waals surface area contributed by atoms with Crippen LogP contribution >= 0.6 is 12.2 Å². The molecule has 0 aromatic heterocycles. The van der Waals surface area contributed by atoms with Gasteiger partial charge in [-0.1, -0.05) is 45.9 Å². The van der Waals surface area contributed by atoms with E-state index in [0.29, 0.717) is 11.0 Å². The van der Waals surface area contributed by atoms with Gasteiger partial charge < -0.3 is 10.6 Å². The summed E-state index contributed by atoms with van der Waals surface area (Å²) in [6, 6.07) is 7.96. The zero-order valence-corrected chi connectivity index (χ0v) is 12.1. The van der Waals surface area contributed by atoms with E-state index in [1.807, 2.05) is 32.0 Å². The van der Waals surface area contributed by atoms with Crippen LogP contribution in [0.25, 0.3) is 0 Å². The van der Waals surface area contributed by atoms with E-state index in [0.717, 1.165) is 5.69 Å². The number of rotatable bonds is 3. The Morgan fingerprint density at radius 2 is 1.78 bits per heavy atom. The number of thiocarbonyl (C=S) groups is 1. The van der Waals surface area contributed by atoms with E-state index >= 15 is 0 Å². The highest BCUT2D eigenvalue weighted by atomic mass is 32.1. The monoisotopic (exact) mass is 264 g/mol. The smallest absolute Gasteiger partial charge is 0.228 e. The van der Waals surface area contributed by atoms with Crippen molar-refractivity contribution >= 4 is 28.9 Å². The molecule has 0 atom stereocenters. The van der Waals surface area contributed by atoms with E-state index in [1.165, 1.54) is 5.56 Å². The zero-order chi connectivity index (χ0) is 13.7. The summed E-state index contributed by atoms with van der Waals surface area (Å²) >= 11 is 5.13. The number of carbonyl (C=O) groups excluding carboxylic acids is 1. The van der Waals surface area contributed by atoms with Gasteiger partial charge in [0.1, 0.15) is 0 Å². The SMILES string of the molecule is CC(C)C(=O)NC(=S)Nc1ccccc1C(C)C. The summed E-state index contributed by atoms with van der Waals surface area (Å²) in [7, 11) is 0. The lowest BCUT2D eigenvalue weighted by molar-refractivity contribution is -0.122. The maximum absolute atomic E-state index is 11.5. The van der Waals surface area contributed by atoms with E-state index in [2.05, 4.69) is 30.5 Å². The van der Waals surface area contributed by atoms with Crippen molar-refractivity contribution in [3.05, 3.63) is 29.8 Å². The van der Waals surface area contributed by atoms with Crippen LogP contribution in [-0.2, 0) is 4.79 Å². The van der Waals surface area contributed by atoms with E-state index in [4.69, 9.17) is 12.2 Å². The molecular formula is C14H20N2OS. The molecule has 98 valence electrons. The van der Waals surface area contributed by atoms with Gasteiger partial charge in [-0.3, -0.25) is 4.79 Å². The van der Waals surface area contributed by atoms with E-state index in [1.54, 1.807) is 0 Å². The van der Waals surface area contributed by atoms with Gasteiger partial charge in [-0.05, 0) is 29.8 Å². The predicted octanol–water partition coefficient (Wildman–Crippen LogP) is 3.28. The largest absolute Gasteiger partial charge is 0.332 e. The van der Waals surface area contributed by atoms with Crippen molar-refractivity contribution < 1.29 is 4.79 Å². The van der Waals surface area contributed by atoms with Crippen LogP contribution in [-0.4, -0.2) is 11.0 Å².